The number of rotatable bonds is 1. The summed E-state index contributed by atoms with van der Waals surface area (Å²) in [5.74, 6) is -1.00. The molecule has 11 heavy (non-hydrogen) atoms. The van der Waals surface area contributed by atoms with Gasteiger partial charge >= 0.3 is 5.97 Å². The van der Waals surface area contributed by atoms with Crippen molar-refractivity contribution in [1.82, 2.24) is 0 Å². The maximum Gasteiger partial charge on any atom is 0.336 e. The van der Waals surface area contributed by atoms with Gasteiger partial charge in [-0.1, -0.05) is 17.7 Å². The molecule has 1 aromatic rings. The van der Waals surface area contributed by atoms with E-state index in [1.165, 1.54) is 6.07 Å². The van der Waals surface area contributed by atoms with Crippen LogP contribution in [-0.4, -0.2) is 11.1 Å². The van der Waals surface area contributed by atoms with Crippen LogP contribution in [0.3, 0.4) is 0 Å². The molecule has 0 amide bonds. The minimum atomic E-state index is -1.00. The molecule has 0 fully saturated rings. The maximum absolute atomic E-state index is 10.5. The van der Waals surface area contributed by atoms with Crippen LogP contribution in [0.2, 0.25) is 5.02 Å². The van der Waals surface area contributed by atoms with Crippen molar-refractivity contribution in [2.75, 3.05) is 0 Å². The van der Waals surface area contributed by atoms with Crippen molar-refractivity contribution in [3.05, 3.63) is 41.3 Å². The molecular formula is C8H6ClO2. The van der Waals surface area contributed by atoms with Gasteiger partial charge in [0.2, 0.25) is 0 Å². The number of halogens is 1. The van der Waals surface area contributed by atoms with Gasteiger partial charge in [-0.3, -0.25) is 0 Å². The molecule has 0 heterocycles. The average molecular weight is 170 g/mol. The van der Waals surface area contributed by atoms with Gasteiger partial charge in [0, 0.05) is 5.02 Å². The van der Waals surface area contributed by atoms with Crippen molar-refractivity contribution in [2.45, 2.75) is 0 Å². The maximum atomic E-state index is 10.5. The zero-order valence-electron chi connectivity index (χ0n) is 5.67. The summed E-state index contributed by atoms with van der Waals surface area (Å²) >= 11 is 5.63. The molecular weight excluding hydrogens is 164 g/mol. The summed E-state index contributed by atoms with van der Waals surface area (Å²) < 4.78 is 0. The number of carbonyl (C=O) groups is 1. The highest BCUT2D eigenvalue weighted by Crippen LogP contribution is 2.18. The van der Waals surface area contributed by atoms with Crippen LogP contribution < -0.4 is 0 Å². The molecule has 0 saturated carbocycles. The lowest BCUT2D eigenvalue weighted by Crippen LogP contribution is -1.99. The standard InChI is InChI=1S/C8H6ClO2/c1-5-6(8(10)11)3-2-4-7(5)9/h2-4H,1H2,(H,10,11). The Kier molecular flexibility index (Phi) is 2.15. The molecule has 2 nitrogen and oxygen atoms in total. The first-order valence-corrected chi connectivity index (χ1v) is 3.34. The van der Waals surface area contributed by atoms with Crippen LogP contribution in [0.1, 0.15) is 15.9 Å². The number of aromatic carboxylic acids is 1. The monoisotopic (exact) mass is 169 g/mol. The molecule has 0 spiro atoms. The molecule has 0 aliphatic rings. The largest absolute Gasteiger partial charge is 0.478 e. The molecule has 1 radical (unpaired) electrons. The quantitative estimate of drug-likeness (QED) is 0.700. The summed E-state index contributed by atoms with van der Waals surface area (Å²) in [5, 5.41) is 8.97. The van der Waals surface area contributed by atoms with E-state index in [0.29, 0.717) is 10.6 Å². The van der Waals surface area contributed by atoms with Gasteiger partial charge < -0.3 is 5.11 Å². The molecule has 0 aliphatic carbocycles. The Labute approximate surface area is 69.4 Å². The highest BCUT2D eigenvalue weighted by atomic mass is 35.5. The van der Waals surface area contributed by atoms with Gasteiger partial charge in [-0.05, 0) is 24.6 Å². The zero-order chi connectivity index (χ0) is 8.43. The molecule has 0 aliphatic heterocycles. The van der Waals surface area contributed by atoms with Crippen molar-refractivity contribution >= 4 is 17.6 Å². The van der Waals surface area contributed by atoms with Gasteiger partial charge in [0.15, 0.2) is 0 Å². The van der Waals surface area contributed by atoms with E-state index in [1.807, 2.05) is 0 Å². The summed E-state index contributed by atoms with van der Waals surface area (Å²) in [7, 11) is 0. The van der Waals surface area contributed by atoms with Crippen LogP contribution in [0.15, 0.2) is 18.2 Å². The van der Waals surface area contributed by atoms with E-state index in [9.17, 15) is 4.79 Å². The predicted molar refractivity (Wildman–Crippen MR) is 42.9 cm³/mol. The third kappa shape index (κ3) is 1.52. The molecule has 0 atom stereocenters. The van der Waals surface area contributed by atoms with Crippen LogP contribution in [0.4, 0.5) is 0 Å². The van der Waals surface area contributed by atoms with Gasteiger partial charge in [-0.2, -0.15) is 0 Å². The fraction of sp³-hybridized carbons (Fsp3) is 0. The van der Waals surface area contributed by atoms with Crippen molar-refractivity contribution in [3.8, 4) is 0 Å². The summed E-state index contributed by atoms with van der Waals surface area (Å²) in [6, 6.07) is 4.66. The number of hydrogen-bond donors (Lipinski definition) is 1. The first kappa shape index (κ1) is 8.08. The van der Waals surface area contributed by atoms with Crippen molar-refractivity contribution in [2.24, 2.45) is 0 Å². The van der Waals surface area contributed by atoms with E-state index >= 15 is 0 Å². The predicted octanol–water partition coefficient (Wildman–Crippen LogP) is 2.22. The second-order valence-corrected chi connectivity index (χ2v) is 2.48. The Morgan fingerprint density at radius 2 is 2.18 bits per heavy atom. The van der Waals surface area contributed by atoms with Crippen LogP contribution in [-0.2, 0) is 0 Å². The molecule has 1 rings (SSSR count). The third-order valence-electron chi connectivity index (χ3n) is 1.35. The highest BCUT2D eigenvalue weighted by molar-refractivity contribution is 6.31. The van der Waals surface area contributed by atoms with E-state index in [1.54, 1.807) is 12.1 Å². The Balaban J connectivity index is 3.27. The summed E-state index contributed by atoms with van der Waals surface area (Å²) in [6.45, 7) is 3.53. The Bertz CT molecular complexity index is 294. The van der Waals surface area contributed by atoms with Crippen molar-refractivity contribution in [1.29, 1.82) is 0 Å². The lowest BCUT2D eigenvalue weighted by Gasteiger charge is -2.00. The summed E-state index contributed by atoms with van der Waals surface area (Å²) in [5.41, 5.74) is 0.513. The fourth-order valence-electron chi connectivity index (χ4n) is 0.759. The minimum Gasteiger partial charge on any atom is -0.478 e. The lowest BCUT2D eigenvalue weighted by molar-refractivity contribution is 0.0696. The van der Waals surface area contributed by atoms with Gasteiger partial charge in [-0.25, -0.2) is 4.79 Å². The van der Waals surface area contributed by atoms with Crippen molar-refractivity contribution < 1.29 is 9.90 Å². The summed E-state index contributed by atoms with van der Waals surface area (Å²) in [6.07, 6.45) is 0. The molecule has 0 saturated heterocycles. The SMILES string of the molecule is [CH2]c1c(Cl)cccc1C(=O)O. The second kappa shape index (κ2) is 2.93. The highest BCUT2D eigenvalue weighted by Gasteiger charge is 2.07. The van der Waals surface area contributed by atoms with Crippen LogP contribution in [0.25, 0.3) is 0 Å². The van der Waals surface area contributed by atoms with Gasteiger partial charge in [-0.15, -0.1) is 0 Å². The van der Waals surface area contributed by atoms with Gasteiger partial charge in [0.05, 0.1) is 5.56 Å². The zero-order valence-corrected chi connectivity index (χ0v) is 6.43. The molecule has 1 aromatic carbocycles. The molecule has 57 valence electrons. The van der Waals surface area contributed by atoms with E-state index in [2.05, 4.69) is 6.92 Å². The molecule has 0 bridgehead atoms. The van der Waals surface area contributed by atoms with Crippen molar-refractivity contribution in [3.63, 3.8) is 0 Å². The Hall–Kier alpha value is -1.02. The molecule has 1 N–H and O–H groups in total. The van der Waals surface area contributed by atoms with Crippen LogP contribution in [0, 0.1) is 6.92 Å². The van der Waals surface area contributed by atoms with E-state index in [-0.39, 0.29) is 5.56 Å². The first-order chi connectivity index (χ1) is 5.13. The van der Waals surface area contributed by atoms with Gasteiger partial charge in [0.25, 0.3) is 0 Å². The Morgan fingerprint density at radius 3 is 2.64 bits per heavy atom. The number of carboxylic acids is 1. The Morgan fingerprint density at radius 1 is 1.55 bits per heavy atom. The normalized spacial score (nSPS) is 9.64. The number of benzene rings is 1. The van der Waals surface area contributed by atoms with Crippen LogP contribution >= 0.6 is 11.6 Å². The van der Waals surface area contributed by atoms with Gasteiger partial charge in [0.1, 0.15) is 0 Å². The molecule has 0 unspecified atom stereocenters. The topological polar surface area (TPSA) is 37.3 Å². The average Bonchev–Trinajstić information content (AvgIpc) is 1.94. The number of carboxylic acid groups (broad SMARTS) is 1. The smallest absolute Gasteiger partial charge is 0.336 e. The molecule has 3 heteroatoms. The first-order valence-electron chi connectivity index (χ1n) is 2.96. The molecule has 0 aromatic heterocycles. The number of hydrogen-bond acceptors (Lipinski definition) is 1. The van der Waals surface area contributed by atoms with Crippen LogP contribution in [0.5, 0.6) is 0 Å². The summed E-state index contributed by atoms with van der Waals surface area (Å²) in [4.78, 5) is 10.5. The second-order valence-electron chi connectivity index (χ2n) is 2.07. The minimum absolute atomic E-state index is 0.150. The lowest BCUT2D eigenvalue weighted by atomic mass is 10.1. The third-order valence-corrected chi connectivity index (χ3v) is 1.70. The van der Waals surface area contributed by atoms with E-state index in [0.717, 1.165) is 0 Å². The van der Waals surface area contributed by atoms with E-state index in [4.69, 9.17) is 16.7 Å². The van der Waals surface area contributed by atoms with E-state index < -0.39 is 5.97 Å². The fourth-order valence-corrected chi connectivity index (χ4v) is 0.934.